The Morgan fingerprint density at radius 3 is 2.62 bits per heavy atom. The maximum absolute atomic E-state index is 11.6. The third-order valence-corrected chi connectivity index (χ3v) is 2.23. The number of rotatable bonds is 0. The second-order valence-electron chi connectivity index (χ2n) is 3.33. The Kier molecular flexibility index (Phi) is 1.69. The fourth-order valence-corrected chi connectivity index (χ4v) is 1.46. The first-order valence-corrected chi connectivity index (χ1v) is 4.28. The molecule has 0 unspecified atom stereocenters. The highest BCUT2D eigenvalue weighted by Crippen LogP contribution is 2.12. The maximum Gasteiger partial charge on any atom is 0.223 e. The van der Waals surface area contributed by atoms with Crippen LogP contribution in [-0.4, -0.2) is 0 Å². The summed E-state index contributed by atoms with van der Waals surface area (Å²) in [6.07, 6.45) is 0. The van der Waals surface area contributed by atoms with E-state index in [2.05, 4.69) is 0 Å². The minimum atomic E-state index is 0.733. The van der Waals surface area contributed by atoms with Crippen molar-refractivity contribution >= 4 is 10.9 Å². The van der Waals surface area contributed by atoms with Gasteiger partial charge in [0, 0.05) is 24.4 Å². The lowest BCUT2D eigenvalue weighted by atomic mass is 10.1. The molecule has 0 amide bonds. The number of pyridine rings is 1. The normalized spacial score (nSPS) is 10.6. The van der Waals surface area contributed by atoms with Gasteiger partial charge in [0.2, 0.25) is 5.52 Å². The zero-order valence-corrected chi connectivity index (χ0v) is 7.74. The molecule has 0 radical (unpaired) electrons. The number of aromatic nitrogens is 1. The fourth-order valence-electron chi connectivity index (χ4n) is 1.46. The zero-order valence-electron chi connectivity index (χ0n) is 7.74. The van der Waals surface area contributed by atoms with Crippen LogP contribution >= 0.6 is 0 Å². The molecule has 0 aliphatic rings. The second kappa shape index (κ2) is 2.73. The van der Waals surface area contributed by atoms with Gasteiger partial charge in [0.25, 0.3) is 0 Å². The lowest BCUT2D eigenvalue weighted by molar-refractivity contribution is -0.584. The molecular formula is C11H11NO. The number of nitrogens with zero attached hydrogens (tertiary/aromatic N) is 1. The summed E-state index contributed by atoms with van der Waals surface area (Å²) in [6.45, 7) is 3.83. The highest BCUT2D eigenvalue weighted by Gasteiger charge is 2.05. The van der Waals surface area contributed by atoms with E-state index in [9.17, 15) is 5.21 Å². The Hall–Kier alpha value is -1.57. The molecule has 0 bridgehead atoms. The van der Waals surface area contributed by atoms with Crippen LogP contribution < -0.4 is 4.73 Å². The molecule has 0 saturated carbocycles. The lowest BCUT2D eigenvalue weighted by Gasteiger charge is -2.04. The summed E-state index contributed by atoms with van der Waals surface area (Å²) < 4.78 is 0.967. The zero-order chi connectivity index (χ0) is 9.42. The average molecular weight is 173 g/mol. The smallest absolute Gasteiger partial charge is 0.223 e. The molecule has 0 aliphatic heterocycles. The van der Waals surface area contributed by atoms with Crippen LogP contribution in [0.4, 0.5) is 0 Å². The first-order chi connectivity index (χ1) is 6.18. The summed E-state index contributed by atoms with van der Waals surface area (Å²) in [7, 11) is 0. The van der Waals surface area contributed by atoms with E-state index in [0.29, 0.717) is 0 Å². The SMILES string of the molecule is Cc1ccc2c(ccc(C)[n+]2[O-])c1. The highest BCUT2D eigenvalue weighted by molar-refractivity contribution is 5.76. The van der Waals surface area contributed by atoms with Crippen LogP contribution in [0, 0.1) is 19.1 Å². The molecule has 1 aromatic heterocycles. The van der Waals surface area contributed by atoms with E-state index < -0.39 is 0 Å². The molecule has 2 aromatic rings. The summed E-state index contributed by atoms with van der Waals surface area (Å²) in [5, 5.41) is 12.6. The van der Waals surface area contributed by atoms with Crippen LogP contribution in [0.25, 0.3) is 10.9 Å². The van der Waals surface area contributed by atoms with E-state index in [4.69, 9.17) is 0 Å². The molecule has 2 nitrogen and oxygen atoms in total. The van der Waals surface area contributed by atoms with E-state index in [1.807, 2.05) is 44.2 Å². The number of benzene rings is 1. The van der Waals surface area contributed by atoms with Crippen molar-refractivity contribution in [2.75, 3.05) is 0 Å². The average Bonchev–Trinajstić information content (AvgIpc) is 2.12. The predicted octanol–water partition coefficient (Wildman–Crippen LogP) is 2.09. The second-order valence-corrected chi connectivity index (χ2v) is 3.33. The topological polar surface area (TPSA) is 26.9 Å². The van der Waals surface area contributed by atoms with Crippen molar-refractivity contribution in [1.29, 1.82) is 0 Å². The van der Waals surface area contributed by atoms with Crippen LogP contribution in [0.15, 0.2) is 30.3 Å². The van der Waals surface area contributed by atoms with Crippen molar-refractivity contribution in [3.05, 3.63) is 46.8 Å². The molecule has 0 saturated heterocycles. The molecule has 2 heteroatoms. The first-order valence-electron chi connectivity index (χ1n) is 4.28. The van der Waals surface area contributed by atoms with Gasteiger partial charge in [-0.2, -0.15) is 4.73 Å². The molecule has 0 spiro atoms. The summed E-state index contributed by atoms with van der Waals surface area (Å²) in [4.78, 5) is 0. The third kappa shape index (κ3) is 1.24. The van der Waals surface area contributed by atoms with Gasteiger partial charge >= 0.3 is 0 Å². The Morgan fingerprint density at radius 2 is 1.85 bits per heavy atom. The molecule has 1 heterocycles. The van der Waals surface area contributed by atoms with Gasteiger partial charge in [-0.3, -0.25) is 0 Å². The molecule has 1 aromatic carbocycles. The summed E-state index contributed by atoms with van der Waals surface area (Å²) in [6, 6.07) is 9.66. The standard InChI is InChI=1S/C11H11NO/c1-8-3-6-11-10(7-8)5-4-9(2)12(11)13/h3-7H,1-2H3. The molecule has 0 fully saturated rings. The Morgan fingerprint density at radius 1 is 1.08 bits per heavy atom. The van der Waals surface area contributed by atoms with Crippen molar-refractivity contribution in [3.63, 3.8) is 0 Å². The highest BCUT2D eigenvalue weighted by atomic mass is 16.5. The minimum Gasteiger partial charge on any atom is -0.618 e. The number of fused-ring (bicyclic) bond motifs is 1. The summed E-state index contributed by atoms with van der Waals surface area (Å²) >= 11 is 0. The fraction of sp³-hybridized carbons (Fsp3) is 0.182. The predicted molar refractivity (Wildman–Crippen MR) is 52.4 cm³/mol. The van der Waals surface area contributed by atoms with Crippen molar-refractivity contribution in [2.45, 2.75) is 13.8 Å². The first kappa shape index (κ1) is 8.05. The maximum atomic E-state index is 11.6. The van der Waals surface area contributed by atoms with E-state index in [0.717, 1.165) is 21.3 Å². The molecule has 66 valence electrons. The summed E-state index contributed by atoms with van der Waals surface area (Å²) in [5.41, 5.74) is 2.65. The van der Waals surface area contributed by atoms with Crippen molar-refractivity contribution in [1.82, 2.24) is 0 Å². The van der Waals surface area contributed by atoms with Gasteiger partial charge in [0.15, 0.2) is 5.69 Å². The van der Waals surface area contributed by atoms with Gasteiger partial charge in [-0.1, -0.05) is 11.6 Å². The summed E-state index contributed by atoms with van der Waals surface area (Å²) in [5.74, 6) is 0. The van der Waals surface area contributed by atoms with E-state index >= 15 is 0 Å². The van der Waals surface area contributed by atoms with Crippen LogP contribution in [0.5, 0.6) is 0 Å². The quantitative estimate of drug-likeness (QED) is 0.442. The van der Waals surface area contributed by atoms with Gasteiger partial charge in [-0.15, -0.1) is 0 Å². The van der Waals surface area contributed by atoms with Crippen LogP contribution in [-0.2, 0) is 0 Å². The van der Waals surface area contributed by atoms with Gasteiger partial charge in [0.05, 0.1) is 0 Å². The van der Waals surface area contributed by atoms with Gasteiger partial charge in [-0.25, -0.2) is 0 Å². The Labute approximate surface area is 77.0 Å². The van der Waals surface area contributed by atoms with Crippen molar-refractivity contribution < 1.29 is 4.73 Å². The van der Waals surface area contributed by atoms with Gasteiger partial charge in [-0.05, 0) is 19.1 Å². The van der Waals surface area contributed by atoms with Crippen LogP contribution in [0.1, 0.15) is 11.3 Å². The monoisotopic (exact) mass is 173 g/mol. The van der Waals surface area contributed by atoms with Crippen molar-refractivity contribution in [3.8, 4) is 0 Å². The minimum absolute atomic E-state index is 0.733. The largest absolute Gasteiger partial charge is 0.618 e. The van der Waals surface area contributed by atoms with E-state index in [1.165, 1.54) is 5.56 Å². The van der Waals surface area contributed by atoms with Crippen molar-refractivity contribution in [2.24, 2.45) is 0 Å². The number of hydrogen-bond acceptors (Lipinski definition) is 1. The molecular weight excluding hydrogens is 162 g/mol. The molecule has 13 heavy (non-hydrogen) atoms. The number of aryl methyl sites for hydroxylation is 2. The lowest BCUT2D eigenvalue weighted by Crippen LogP contribution is -2.30. The number of hydrogen-bond donors (Lipinski definition) is 0. The third-order valence-electron chi connectivity index (χ3n) is 2.23. The van der Waals surface area contributed by atoms with Crippen LogP contribution in [0.2, 0.25) is 0 Å². The van der Waals surface area contributed by atoms with E-state index in [-0.39, 0.29) is 0 Å². The van der Waals surface area contributed by atoms with Crippen LogP contribution in [0.3, 0.4) is 0 Å². The Balaban J connectivity index is 2.87. The van der Waals surface area contributed by atoms with Gasteiger partial charge < -0.3 is 5.21 Å². The van der Waals surface area contributed by atoms with E-state index in [1.54, 1.807) is 0 Å². The molecule has 0 atom stereocenters. The molecule has 0 aliphatic carbocycles. The molecule has 2 rings (SSSR count). The molecule has 0 N–H and O–H groups in total. The Bertz CT molecular complexity index is 463. The van der Waals surface area contributed by atoms with Gasteiger partial charge in [0.1, 0.15) is 0 Å².